The zero-order valence-electron chi connectivity index (χ0n) is 13.2. The van der Waals surface area contributed by atoms with Crippen molar-refractivity contribution in [1.29, 1.82) is 0 Å². The number of alkyl halides is 1. The van der Waals surface area contributed by atoms with E-state index in [9.17, 15) is 19.2 Å². The van der Waals surface area contributed by atoms with Crippen molar-refractivity contribution in [3.63, 3.8) is 0 Å². The summed E-state index contributed by atoms with van der Waals surface area (Å²) in [6.45, 7) is 0. The summed E-state index contributed by atoms with van der Waals surface area (Å²) in [6.07, 6.45) is -0.299. The molecule has 128 valence electrons. The highest BCUT2D eigenvalue weighted by Crippen LogP contribution is 2.23. The van der Waals surface area contributed by atoms with E-state index in [1.165, 1.54) is 31.7 Å². The Balaban J connectivity index is 2.29. The number of fused-ring (bicyclic) bond motifs is 1. The van der Waals surface area contributed by atoms with Gasteiger partial charge in [0.25, 0.3) is 0 Å². The molecule has 2 rings (SSSR count). The van der Waals surface area contributed by atoms with Gasteiger partial charge in [-0.2, -0.15) is 0 Å². The summed E-state index contributed by atoms with van der Waals surface area (Å²) in [6, 6.07) is 4.30. The van der Waals surface area contributed by atoms with Gasteiger partial charge in [0, 0.05) is 11.1 Å². The molecule has 0 aliphatic heterocycles. The summed E-state index contributed by atoms with van der Waals surface area (Å²) < 4.78 is 9.19. The minimum atomic E-state index is -1.14. The van der Waals surface area contributed by atoms with Gasteiger partial charge in [-0.1, -0.05) is 24.3 Å². The van der Waals surface area contributed by atoms with Gasteiger partial charge in [0.15, 0.2) is 23.2 Å². The molecule has 0 unspecified atom stereocenters. The van der Waals surface area contributed by atoms with Crippen LogP contribution in [-0.4, -0.2) is 55.2 Å². The molecule has 7 nitrogen and oxygen atoms in total. The second-order valence-electron chi connectivity index (χ2n) is 5.30. The molecule has 8 heteroatoms. The van der Waals surface area contributed by atoms with Crippen LogP contribution in [0, 0.1) is 0 Å². The van der Waals surface area contributed by atoms with E-state index in [4.69, 9.17) is 11.6 Å². The first-order chi connectivity index (χ1) is 11.4. The lowest BCUT2D eigenvalue weighted by Gasteiger charge is -2.27. The second-order valence-corrected chi connectivity index (χ2v) is 5.77. The third-order valence-electron chi connectivity index (χ3n) is 3.88. The molecule has 1 aromatic carbocycles. The van der Waals surface area contributed by atoms with E-state index in [2.05, 4.69) is 9.47 Å². The molecular weight excluding hydrogens is 338 g/mol. The van der Waals surface area contributed by atoms with Crippen molar-refractivity contribution < 1.29 is 34.0 Å². The van der Waals surface area contributed by atoms with Crippen LogP contribution in [0.3, 0.4) is 0 Å². The van der Waals surface area contributed by atoms with Crippen LogP contribution in [0.25, 0.3) is 0 Å². The van der Waals surface area contributed by atoms with E-state index in [1.54, 1.807) is 12.1 Å². The molecule has 0 saturated heterocycles. The van der Waals surface area contributed by atoms with Crippen molar-refractivity contribution >= 4 is 35.1 Å². The topological polar surface area (TPSA) is 103 Å². The fourth-order valence-electron chi connectivity index (χ4n) is 2.62. The molecule has 3 atom stereocenters. The number of rotatable bonds is 5. The molecule has 1 aliphatic carbocycles. The Morgan fingerprint density at radius 3 is 2.25 bits per heavy atom. The van der Waals surface area contributed by atoms with E-state index in [-0.39, 0.29) is 23.3 Å². The number of carbonyl (C=O) groups is 4. The molecule has 0 amide bonds. The Morgan fingerprint density at radius 1 is 1.12 bits per heavy atom. The maximum Gasteiger partial charge on any atom is 0.365 e. The Kier molecular flexibility index (Phi) is 5.69. The van der Waals surface area contributed by atoms with Gasteiger partial charge in [0.05, 0.1) is 14.2 Å². The van der Waals surface area contributed by atoms with Crippen molar-refractivity contribution in [2.24, 2.45) is 0 Å². The molecule has 0 saturated carbocycles. The van der Waals surface area contributed by atoms with Gasteiger partial charge < -0.3 is 14.8 Å². The Hall–Kier alpha value is -2.25. The van der Waals surface area contributed by atoms with Crippen molar-refractivity contribution in [3.8, 4) is 0 Å². The average molecular weight is 355 g/mol. The Bertz CT molecular complexity index is 689. The number of halogens is 1. The van der Waals surface area contributed by atoms with E-state index >= 15 is 0 Å². The van der Waals surface area contributed by atoms with Crippen LogP contribution >= 0.6 is 11.6 Å². The van der Waals surface area contributed by atoms with Crippen LogP contribution in [0.1, 0.15) is 27.1 Å². The van der Waals surface area contributed by atoms with Crippen molar-refractivity contribution in [2.45, 2.75) is 23.9 Å². The lowest BCUT2D eigenvalue weighted by atomic mass is 9.85. The summed E-state index contributed by atoms with van der Waals surface area (Å²) >= 11 is 6.15. The Morgan fingerprint density at radius 2 is 1.71 bits per heavy atom. The number of benzene rings is 1. The van der Waals surface area contributed by atoms with Crippen LogP contribution < -0.4 is 5.32 Å². The number of quaternary nitrogens is 1. The zero-order chi connectivity index (χ0) is 17.9. The molecule has 0 spiro atoms. The van der Waals surface area contributed by atoms with Gasteiger partial charge >= 0.3 is 11.9 Å². The molecule has 24 heavy (non-hydrogen) atoms. The monoisotopic (exact) mass is 354 g/mol. The second kappa shape index (κ2) is 7.55. The fraction of sp³-hybridized carbons (Fsp3) is 0.375. The Labute approximate surface area is 143 Å². The predicted octanol–water partition coefficient (Wildman–Crippen LogP) is -0.290. The first-order valence-electron chi connectivity index (χ1n) is 7.21. The largest absolute Gasteiger partial charge is 0.469 e. The first kappa shape index (κ1) is 18.1. The van der Waals surface area contributed by atoms with Crippen molar-refractivity contribution in [3.05, 3.63) is 35.4 Å². The first-order valence-corrected chi connectivity index (χ1v) is 7.65. The number of carbonyl (C=O) groups excluding carboxylic acids is 4. The van der Waals surface area contributed by atoms with Gasteiger partial charge in [-0.15, -0.1) is 11.6 Å². The molecule has 0 radical (unpaired) electrons. The minimum Gasteiger partial charge on any atom is -0.469 e. The van der Waals surface area contributed by atoms with Crippen LogP contribution in [0.5, 0.6) is 0 Å². The number of esters is 2. The lowest BCUT2D eigenvalue weighted by molar-refractivity contribution is -0.695. The number of methoxy groups -OCH3 is 2. The third kappa shape index (κ3) is 3.47. The van der Waals surface area contributed by atoms with Gasteiger partial charge in [-0.05, 0) is 0 Å². The van der Waals surface area contributed by atoms with E-state index in [0.29, 0.717) is 0 Å². The molecule has 0 fully saturated rings. The lowest BCUT2D eigenvalue weighted by Crippen LogP contribution is -3.00. The highest BCUT2D eigenvalue weighted by molar-refractivity contribution is 6.39. The number of hydrogen-bond acceptors (Lipinski definition) is 6. The summed E-state index contributed by atoms with van der Waals surface area (Å²) in [5.74, 6) is -2.11. The molecule has 0 heterocycles. The number of ketones is 2. The standard InChI is InChI=1S/C16H16ClNO6/c1-23-11(19)7-10(16(22)24-2)18-13-12(17)14(20)8-5-3-4-6-9(8)15(13)21/h3-6,10,12-13,18H,7H2,1-2H3/p+1/t10-,12+,13+/m0/s1. The molecule has 0 aromatic heterocycles. The molecule has 1 aliphatic rings. The zero-order valence-corrected chi connectivity index (χ0v) is 13.9. The number of nitrogens with two attached hydrogens (primary N) is 1. The molecule has 2 N–H and O–H groups in total. The summed E-state index contributed by atoms with van der Waals surface area (Å²) in [4.78, 5) is 48.4. The SMILES string of the molecule is COC(=O)C[C@H]([NH2+][C@H]1C(=O)c2ccccc2C(=O)[C@@H]1Cl)C(=O)OC. The number of Topliss-reactive ketones (excluding diaryl/α,β-unsaturated/α-hetero) is 2. The maximum absolute atomic E-state index is 12.6. The highest BCUT2D eigenvalue weighted by Gasteiger charge is 2.45. The van der Waals surface area contributed by atoms with E-state index in [0.717, 1.165) is 0 Å². The maximum atomic E-state index is 12.6. The summed E-state index contributed by atoms with van der Waals surface area (Å²) in [5, 5.41) is 0.161. The fourth-order valence-corrected chi connectivity index (χ4v) is 2.93. The normalized spacial score (nSPS) is 21.0. The van der Waals surface area contributed by atoms with E-state index < -0.39 is 35.2 Å². The quantitative estimate of drug-likeness (QED) is 0.575. The molecular formula is C16H17ClNO6+. The predicted molar refractivity (Wildman–Crippen MR) is 82.9 cm³/mol. The van der Waals surface area contributed by atoms with Gasteiger partial charge in [-0.25, -0.2) is 4.79 Å². The summed E-state index contributed by atoms with van der Waals surface area (Å²) in [5.41, 5.74) is 0.511. The van der Waals surface area contributed by atoms with Crippen LogP contribution in [-0.2, 0) is 19.1 Å². The van der Waals surface area contributed by atoms with Gasteiger partial charge in [-0.3, -0.25) is 14.4 Å². The van der Waals surface area contributed by atoms with Crippen LogP contribution in [0.2, 0.25) is 0 Å². The molecule has 1 aromatic rings. The number of hydrogen-bond donors (Lipinski definition) is 1. The molecule has 0 bridgehead atoms. The van der Waals surface area contributed by atoms with Crippen LogP contribution in [0.15, 0.2) is 24.3 Å². The van der Waals surface area contributed by atoms with Crippen LogP contribution in [0.4, 0.5) is 0 Å². The minimum absolute atomic E-state index is 0.252. The smallest absolute Gasteiger partial charge is 0.365 e. The van der Waals surface area contributed by atoms with Crippen molar-refractivity contribution in [2.75, 3.05) is 14.2 Å². The van der Waals surface area contributed by atoms with Crippen molar-refractivity contribution in [1.82, 2.24) is 0 Å². The van der Waals surface area contributed by atoms with E-state index in [1.807, 2.05) is 0 Å². The highest BCUT2D eigenvalue weighted by atomic mass is 35.5. The average Bonchev–Trinajstić information content (AvgIpc) is 2.61. The summed E-state index contributed by atoms with van der Waals surface area (Å²) in [7, 11) is 2.36. The van der Waals surface area contributed by atoms with Gasteiger partial charge in [0.1, 0.15) is 6.42 Å². The van der Waals surface area contributed by atoms with Gasteiger partial charge in [0.2, 0.25) is 5.78 Å². The number of ether oxygens (including phenoxy) is 2. The third-order valence-corrected chi connectivity index (χ3v) is 4.35.